The predicted octanol–water partition coefficient (Wildman–Crippen LogP) is 0.846. The Balaban J connectivity index is 2.44. The molecule has 1 aromatic carbocycles. The van der Waals surface area contributed by atoms with E-state index in [2.05, 4.69) is 10.6 Å². The van der Waals surface area contributed by atoms with Gasteiger partial charge in [-0.2, -0.15) is 0 Å². The third kappa shape index (κ3) is 5.07. The number of carboxylic acid groups (broad SMARTS) is 1. The van der Waals surface area contributed by atoms with Gasteiger partial charge in [-0.3, -0.25) is 4.79 Å². The number of aliphatic carboxylic acids is 1. The first-order chi connectivity index (χ1) is 9.40. The van der Waals surface area contributed by atoms with Gasteiger partial charge in [0, 0.05) is 24.2 Å². The first-order valence-electron chi connectivity index (χ1n) is 5.97. The summed E-state index contributed by atoms with van der Waals surface area (Å²) in [5.41, 5.74) is 0.929. The molecular formula is C13H16N2O5. The van der Waals surface area contributed by atoms with Gasteiger partial charge in [-0.05, 0) is 19.1 Å². The second-order valence-electron chi connectivity index (χ2n) is 4.16. The standard InChI is InChI=1S/C13H16N2O5/c1-8(16)9-3-2-4-10(7-9)15-13(20)14-6-5-11(17)12(18)19/h2-4,7,11,17H,5-6H2,1H3,(H,18,19)(H2,14,15,20). The molecule has 1 rings (SSSR count). The Morgan fingerprint density at radius 2 is 2.00 bits per heavy atom. The van der Waals surface area contributed by atoms with Crippen LogP contribution in [-0.2, 0) is 4.79 Å². The lowest BCUT2D eigenvalue weighted by Gasteiger charge is -2.09. The number of aliphatic hydroxyl groups is 1. The number of benzene rings is 1. The van der Waals surface area contributed by atoms with Crippen LogP contribution in [0.5, 0.6) is 0 Å². The summed E-state index contributed by atoms with van der Waals surface area (Å²) in [4.78, 5) is 33.0. The van der Waals surface area contributed by atoms with E-state index >= 15 is 0 Å². The van der Waals surface area contributed by atoms with Crippen molar-refractivity contribution in [2.24, 2.45) is 0 Å². The van der Waals surface area contributed by atoms with Crippen LogP contribution in [0.3, 0.4) is 0 Å². The molecule has 0 aromatic heterocycles. The van der Waals surface area contributed by atoms with E-state index in [0.29, 0.717) is 11.3 Å². The largest absolute Gasteiger partial charge is 0.479 e. The summed E-state index contributed by atoms with van der Waals surface area (Å²) in [6, 6.07) is 5.89. The monoisotopic (exact) mass is 280 g/mol. The summed E-state index contributed by atoms with van der Waals surface area (Å²) in [5.74, 6) is -1.44. The zero-order valence-corrected chi connectivity index (χ0v) is 10.9. The Morgan fingerprint density at radius 3 is 2.60 bits per heavy atom. The molecule has 0 fully saturated rings. The van der Waals surface area contributed by atoms with Crippen LogP contribution in [0.4, 0.5) is 10.5 Å². The molecule has 0 spiro atoms. The van der Waals surface area contributed by atoms with Crippen LogP contribution in [0.1, 0.15) is 23.7 Å². The average Bonchev–Trinajstić information content (AvgIpc) is 2.38. The Labute approximate surface area is 115 Å². The van der Waals surface area contributed by atoms with E-state index in [1.807, 2.05) is 0 Å². The van der Waals surface area contributed by atoms with Gasteiger partial charge >= 0.3 is 12.0 Å². The number of anilines is 1. The number of hydrogen-bond donors (Lipinski definition) is 4. The Kier molecular flexibility index (Phi) is 5.67. The summed E-state index contributed by atoms with van der Waals surface area (Å²) in [7, 11) is 0. The van der Waals surface area contributed by atoms with E-state index in [9.17, 15) is 14.4 Å². The zero-order valence-electron chi connectivity index (χ0n) is 10.9. The minimum atomic E-state index is -1.50. The van der Waals surface area contributed by atoms with Crippen molar-refractivity contribution in [3.05, 3.63) is 29.8 Å². The topological polar surface area (TPSA) is 116 Å². The molecule has 0 saturated heterocycles. The Morgan fingerprint density at radius 1 is 1.30 bits per heavy atom. The van der Waals surface area contributed by atoms with Crippen LogP contribution < -0.4 is 10.6 Å². The molecule has 0 bridgehead atoms. The van der Waals surface area contributed by atoms with Gasteiger partial charge in [0.05, 0.1) is 0 Å². The Bertz CT molecular complexity index is 515. The van der Waals surface area contributed by atoms with Gasteiger partial charge in [0.15, 0.2) is 11.9 Å². The molecule has 0 aliphatic rings. The number of aliphatic hydroxyl groups excluding tert-OH is 1. The first kappa shape index (κ1) is 15.6. The third-order valence-electron chi connectivity index (χ3n) is 2.52. The summed E-state index contributed by atoms with van der Waals surface area (Å²) >= 11 is 0. The molecule has 1 unspecified atom stereocenters. The molecule has 2 amide bonds. The smallest absolute Gasteiger partial charge is 0.332 e. The predicted molar refractivity (Wildman–Crippen MR) is 71.7 cm³/mol. The number of rotatable bonds is 6. The minimum Gasteiger partial charge on any atom is -0.479 e. The van der Waals surface area contributed by atoms with Gasteiger partial charge in [0.1, 0.15) is 0 Å². The molecule has 0 radical (unpaired) electrons. The van der Waals surface area contributed by atoms with Crippen molar-refractivity contribution in [2.45, 2.75) is 19.4 Å². The van der Waals surface area contributed by atoms with E-state index in [-0.39, 0.29) is 18.7 Å². The number of nitrogens with one attached hydrogen (secondary N) is 2. The molecule has 7 nitrogen and oxygen atoms in total. The van der Waals surface area contributed by atoms with Crippen molar-refractivity contribution in [1.82, 2.24) is 5.32 Å². The van der Waals surface area contributed by atoms with Crippen LogP contribution in [0.2, 0.25) is 0 Å². The highest BCUT2D eigenvalue weighted by Crippen LogP contribution is 2.10. The third-order valence-corrected chi connectivity index (χ3v) is 2.52. The summed E-state index contributed by atoms with van der Waals surface area (Å²) < 4.78 is 0. The van der Waals surface area contributed by atoms with E-state index in [1.165, 1.54) is 13.0 Å². The maximum absolute atomic E-state index is 11.5. The lowest BCUT2D eigenvalue weighted by Crippen LogP contribution is -2.33. The highest BCUT2D eigenvalue weighted by atomic mass is 16.4. The fraction of sp³-hybridized carbons (Fsp3) is 0.308. The average molecular weight is 280 g/mol. The highest BCUT2D eigenvalue weighted by Gasteiger charge is 2.12. The van der Waals surface area contributed by atoms with Crippen molar-refractivity contribution in [2.75, 3.05) is 11.9 Å². The quantitative estimate of drug-likeness (QED) is 0.576. The molecule has 4 N–H and O–H groups in total. The lowest BCUT2D eigenvalue weighted by atomic mass is 10.1. The van der Waals surface area contributed by atoms with Gasteiger partial charge < -0.3 is 20.8 Å². The number of carbonyl (C=O) groups is 3. The summed E-state index contributed by atoms with van der Waals surface area (Å²) in [6.45, 7) is 1.44. The number of hydrogen-bond acceptors (Lipinski definition) is 4. The SMILES string of the molecule is CC(=O)c1cccc(NC(=O)NCCC(O)C(=O)O)c1. The number of carbonyl (C=O) groups excluding carboxylic acids is 2. The van der Waals surface area contributed by atoms with Gasteiger partial charge in [-0.25, -0.2) is 9.59 Å². The van der Waals surface area contributed by atoms with Crippen LogP contribution in [0.25, 0.3) is 0 Å². The molecule has 20 heavy (non-hydrogen) atoms. The number of Topliss-reactive ketones (excluding diaryl/α,β-unsaturated/α-hetero) is 1. The maximum Gasteiger partial charge on any atom is 0.332 e. The second kappa shape index (κ2) is 7.25. The molecule has 1 aromatic rings. The van der Waals surface area contributed by atoms with Crippen molar-refractivity contribution < 1.29 is 24.6 Å². The van der Waals surface area contributed by atoms with Crippen molar-refractivity contribution in [3.63, 3.8) is 0 Å². The fourth-order valence-corrected chi connectivity index (χ4v) is 1.44. The van der Waals surface area contributed by atoms with Crippen LogP contribution in [-0.4, -0.2) is 40.6 Å². The zero-order chi connectivity index (χ0) is 15.1. The molecular weight excluding hydrogens is 264 g/mol. The fourth-order valence-electron chi connectivity index (χ4n) is 1.44. The number of amides is 2. The van der Waals surface area contributed by atoms with Crippen LogP contribution in [0.15, 0.2) is 24.3 Å². The molecule has 7 heteroatoms. The Hall–Kier alpha value is -2.41. The maximum atomic E-state index is 11.5. The van der Waals surface area contributed by atoms with Gasteiger partial charge in [0.2, 0.25) is 0 Å². The van der Waals surface area contributed by atoms with Gasteiger partial charge in [-0.1, -0.05) is 12.1 Å². The highest BCUT2D eigenvalue weighted by molar-refractivity contribution is 5.96. The van der Waals surface area contributed by atoms with Crippen LogP contribution in [0, 0.1) is 0 Å². The number of carboxylic acids is 1. The molecule has 0 aliphatic carbocycles. The van der Waals surface area contributed by atoms with Crippen molar-refractivity contribution in [3.8, 4) is 0 Å². The minimum absolute atomic E-state index is 0.0195. The van der Waals surface area contributed by atoms with Crippen LogP contribution >= 0.6 is 0 Å². The van der Waals surface area contributed by atoms with E-state index < -0.39 is 18.1 Å². The normalized spacial score (nSPS) is 11.5. The van der Waals surface area contributed by atoms with E-state index in [1.54, 1.807) is 18.2 Å². The van der Waals surface area contributed by atoms with E-state index in [4.69, 9.17) is 10.2 Å². The number of ketones is 1. The van der Waals surface area contributed by atoms with Crippen molar-refractivity contribution in [1.29, 1.82) is 0 Å². The number of urea groups is 1. The summed E-state index contributed by atoms with van der Waals surface area (Å²) in [6.07, 6.45) is -1.59. The van der Waals surface area contributed by atoms with Gasteiger partial charge in [-0.15, -0.1) is 0 Å². The molecule has 0 heterocycles. The first-order valence-corrected chi connectivity index (χ1v) is 5.97. The molecule has 0 aliphatic heterocycles. The molecule has 0 saturated carbocycles. The molecule has 1 atom stereocenters. The second-order valence-corrected chi connectivity index (χ2v) is 4.16. The molecule has 108 valence electrons. The van der Waals surface area contributed by atoms with Gasteiger partial charge in [0.25, 0.3) is 0 Å². The van der Waals surface area contributed by atoms with Crippen molar-refractivity contribution >= 4 is 23.5 Å². The lowest BCUT2D eigenvalue weighted by molar-refractivity contribution is -0.146. The van der Waals surface area contributed by atoms with E-state index in [0.717, 1.165) is 0 Å². The summed E-state index contributed by atoms with van der Waals surface area (Å²) in [5, 5.41) is 22.4.